The number of carbonyl (C=O) groups excluding carboxylic acids is 1. The van der Waals surface area contributed by atoms with Crippen molar-refractivity contribution in [1.29, 1.82) is 0 Å². The number of alkyl halides is 1. The third-order valence-corrected chi connectivity index (χ3v) is 6.53. The third-order valence-electron chi connectivity index (χ3n) is 5.40. The molecule has 7 nitrogen and oxygen atoms in total. The van der Waals surface area contributed by atoms with E-state index in [4.69, 9.17) is 16.3 Å². The average Bonchev–Trinajstić information content (AvgIpc) is 2.64. The molecule has 0 bridgehead atoms. The molecule has 0 aromatic heterocycles. The maximum Gasteiger partial charge on any atom is 0.237 e. The van der Waals surface area contributed by atoms with Crippen molar-refractivity contribution in [3.63, 3.8) is 0 Å². The van der Waals surface area contributed by atoms with Crippen LogP contribution in [0.3, 0.4) is 0 Å². The van der Waals surface area contributed by atoms with Crippen LogP contribution in [-0.4, -0.2) is 81.3 Å². The molecule has 0 aromatic carbocycles. The number of piperidine rings is 1. The fraction of sp³-hybridized carbons (Fsp3) is 0.941. The van der Waals surface area contributed by atoms with E-state index in [0.717, 1.165) is 25.8 Å². The summed E-state index contributed by atoms with van der Waals surface area (Å²) in [4.78, 5) is 12.7. The summed E-state index contributed by atoms with van der Waals surface area (Å²) >= 11 is 7.51. The van der Waals surface area contributed by atoms with Gasteiger partial charge in [0.15, 0.2) is 0 Å². The largest absolute Gasteiger partial charge is 0.388 e. The van der Waals surface area contributed by atoms with Crippen LogP contribution in [0.2, 0.25) is 0 Å². The number of aliphatic hydroxyl groups is 3. The predicted molar refractivity (Wildman–Crippen MR) is 102 cm³/mol. The minimum absolute atomic E-state index is 0.183. The van der Waals surface area contributed by atoms with Crippen molar-refractivity contribution < 1.29 is 24.9 Å². The Balaban J connectivity index is 2.09. The van der Waals surface area contributed by atoms with Gasteiger partial charge in [-0.2, -0.15) is 0 Å². The second-order valence-electron chi connectivity index (χ2n) is 7.19. The second-order valence-corrected chi connectivity index (χ2v) is 8.82. The van der Waals surface area contributed by atoms with E-state index in [1.165, 1.54) is 11.8 Å². The molecule has 0 radical (unpaired) electrons. The maximum atomic E-state index is 12.7. The lowest BCUT2D eigenvalue weighted by molar-refractivity contribution is -0.205. The first-order valence-electron chi connectivity index (χ1n) is 9.20. The summed E-state index contributed by atoms with van der Waals surface area (Å²) in [5.74, 6) is 0.325. The Hall–Kier alpha value is -0.0900. The molecule has 2 saturated heterocycles. The van der Waals surface area contributed by atoms with Crippen LogP contribution in [0, 0.1) is 5.92 Å². The fourth-order valence-corrected chi connectivity index (χ4v) is 4.54. The van der Waals surface area contributed by atoms with E-state index in [1.807, 2.05) is 0 Å². The molecule has 0 aliphatic carbocycles. The van der Waals surface area contributed by atoms with Gasteiger partial charge in [-0.3, -0.25) is 4.79 Å². The van der Waals surface area contributed by atoms with Crippen molar-refractivity contribution in [2.24, 2.45) is 5.92 Å². The average molecular weight is 411 g/mol. The number of thioether (sulfide) groups is 1. The smallest absolute Gasteiger partial charge is 0.237 e. The topological polar surface area (TPSA) is 111 Å². The first-order valence-corrected chi connectivity index (χ1v) is 10.9. The molecule has 2 heterocycles. The van der Waals surface area contributed by atoms with Gasteiger partial charge in [0, 0.05) is 0 Å². The lowest BCUT2D eigenvalue weighted by Gasteiger charge is -2.44. The summed E-state index contributed by atoms with van der Waals surface area (Å²) in [5, 5.41) is 36.1. The highest BCUT2D eigenvalue weighted by Gasteiger charge is 2.48. The van der Waals surface area contributed by atoms with Gasteiger partial charge in [-0.25, -0.2) is 0 Å². The first-order chi connectivity index (χ1) is 12.3. The summed E-state index contributed by atoms with van der Waals surface area (Å²) in [6.45, 7) is 4.62. The molecule has 2 aliphatic heterocycles. The number of rotatable bonds is 6. The van der Waals surface area contributed by atoms with Crippen molar-refractivity contribution >= 4 is 29.3 Å². The fourth-order valence-electron chi connectivity index (χ4n) is 3.66. The van der Waals surface area contributed by atoms with Gasteiger partial charge >= 0.3 is 0 Å². The van der Waals surface area contributed by atoms with E-state index in [9.17, 15) is 20.1 Å². The molecule has 5 N–H and O–H groups in total. The summed E-state index contributed by atoms with van der Waals surface area (Å²) in [6, 6.07) is -1.00. The van der Waals surface area contributed by atoms with Gasteiger partial charge in [0.05, 0.1) is 17.5 Å². The maximum absolute atomic E-state index is 12.7. The summed E-state index contributed by atoms with van der Waals surface area (Å²) < 4.78 is 5.77. The van der Waals surface area contributed by atoms with Crippen LogP contribution in [0.15, 0.2) is 0 Å². The summed E-state index contributed by atoms with van der Waals surface area (Å²) in [6.07, 6.45) is -0.236. The Bertz CT molecular complexity index is 470. The van der Waals surface area contributed by atoms with E-state index in [0.29, 0.717) is 5.92 Å². The normalized spacial score (nSPS) is 40.7. The number of carbonyl (C=O) groups is 1. The van der Waals surface area contributed by atoms with Gasteiger partial charge in [-0.05, 0) is 38.5 Å². The Morgan fingerprint density at radius 1 is 1.35 bits per heavy atom. The van der Waals surface area contributed by atoms with Crippen molar-refractivity contribution in [2.75, 3.05) is 12.8 Å². The SMILES string of the molecule is CC[C@@H]1CCN[C@H](C(=O)N[C@@H]([C@@H]2O[C@H](SC)[C@@H](O)[C@H](O)[C@H]2O)[C@@H](C)Cl)C1. The molecular formula is C17H31ClN2O5S. The number of ether oxygens (including phenoxy) is 1. The molecule has 152 valence electrons. The zero-order chi connectivity index (χ0) is 19.4. The van der Waals surface area contributed by atoms with E-state index in [-0.39, 0.29) is 11.9 Å². The molecule has 2 aliphatic rings. The molecule has 0 spiro atoms. The highest BCUT2D eigenvalue weighted by atomic mass is 35.5. The van der Waals surface area contributed by atoms with Crippen LogP contribution in [0.25, 0.3) is 0 Å². The quantitative estimate of drug-likeness (QED) is 0.393. The molecule has 26 heavy (non-hydrogen) atoms. The third kappa shape index (κ3) is 5.04. The Morgan fingerprint density at radius 2 is 2.04 bits per heavy atom. The summed E-state index contributed by atoms with van der Waals surface area (Å²) in [5.41, 5.74) is -0.703. The van der Waals surface area contributed by atoms with Gasteiger partial charge in [0.25, 0.3) is 0 Å². The number of amides is 1. The number of nitrogens with one attached hydrogen (secondary N) is 2. The van der Waals surface area contributed by atoms with Crippen molar-refractivity contribution in [1.82, 2.24) is 10.6 Å². The van der Waals surface area contributed by atoms with Crippen LogP contribution in [-0.2, 0) is 9.53 Å². The molecule has 9 atom stereocenters. The zero-order valence-corrected chi connectivity index (χ0v) is 17.0. The Kier molecular flexibility index (Phi) is 8.46. The monoisotopic (exact) mass is 410 g/mol. The molecule has 9 heteroatoms. The van der Waals surface area contributed by atoms with Gasteiger partial charge in [0.1, 0.15) is 29.9 Å². The van der Waals surface area contributed by atoms with Crippen LogP contribution in [0.1, 0.15) is 33.1 Å². The molecule has 0 aromatic rings. The molecular weight excluding hydrogens is 380 g/mol. The molecule has 0 saturated carbocycles. The van der Waals surface area contributed by atoms with Gasteiger partial charge in [-0.1, -0.05) is 13.3 Å². The van der Waals surface area contributed by atoms with Gasteiger partial charge in [-0.15, -0.1) is 23.4 Å². The number of hydrogen-bond acceptors (Lipinski definition) is 7. The highest BCUT2D eigenvalue weighted by Crippen LogP contribution is 2.30. The first kappa shape index (κ1) is 22.2. The standard InChI is InChI=1S/C17H31ClN2O5S/c1-4-9-5-6-19-10(7-9)16(24)20-11(8(2)18)15-13(22)12(21)14(23)17(25-15)26-3/h8-15,17,19,21-23H,4-7H2,1-3H3,(H,20,24)/t8-,9-,10+,11-,12-,13-,14+,15+,17-/m1/s1. The van der Waals surface area contributed by atoms with Crippen LogP contribution in [0.5, 0.6) is 0 Å². The van der Waals surface area contributed by atoms with E-state index < -0.39 is 41.3 Å². The Morgan fingerprint density at radius 3 is 2.62 bits per heavy atom. The number of halogens is 1. The lowest BCUT2D eigenvalue weighted by atomic mass is 9.89. The van der Waals surface area contributed by atoms with Gasteiger partial charge in [0.2, 0.25) is 5.91 Å². The molecule has 2 rings (SSSR count). The zero-order valence-electron chi connectivity index (χ0n) is 15.5. The van der Waals surface area contributed by atoms with E-state index >= 15 is 0 Å². The molecule has 2 fully saturated rings. The van der Waals surface area contributed by atoms with Crippen LogP contribution in [0.4, 0.5) is 0 Å². The molecule has 0 unspecified atom stereocenters. The summed E-state index contributed by atoms with van der Waals surface area (Å²) in [7, 11) is 0. The van der Waals surface area contributed by atoms with Crippen molar-refractivity contribution in [3.8, 4) is 0 Å². The van der Waals surface area contributed by atoms with Gasteiger partial charge < -0.3 is 30.7 Å². The lowest BCUT2D eigenvalue weighted by Crippen LogP contribution is -2.65. The van der Waals surface area contributed by atoms with Crippen molar-refractivity contribution in [3.05, 3.63) is 0 Å². The van der Waals surface area contributed by atoms with E-state index in [2.05, 4.69) is 17.6 Å². The van der Waals surface area contributed by atoms with Crippen LogP contribution >= 0.6 is 23.4 Å². The predicted octanol–water partition coefficient (Wildman–Crippen LogP) is 0.0473. The van der Waals surface area contributed by atoms with Crippen LogP contribution < -0.4 is 10.6 Å². The Labute approximate surface area is 164 Å². The van der Waals surface area contributed by atoms with Crippen molar-refractivity contribution in [2.45, 2.75) is 80.4 Å². The number of aliphatic hydroxyl groups excluding tert-OH is 3. The second kappa shape index (κ2) is 9.91. The minimum Gasteiger partial charge on any atom is -0.388 e. The highest BCUT2D eigenvalue weighted by molar-refractivity contribution is 7.99. The van der Waals surface area contributed by atoms with E-state index in [1.54, 1.807) is 13.2 Å². The number of hydrogen-bond donors (Lipinski definition) is 5. The minimum atomic E-state index is -1.36. The molecule has 1 amide bonds.